The lowest BCUT2D eigenvalue weighted by molar-refractivity contribution is -0.394. The minimum absolute atomic E-state index is 0.151. The summed E-state index contributed by atoms with van der Waals surface area (Å²) < 4.78 is 11.0. The second-order valence-electron chi connectivity index (χ2n) is 7.19. The zero-order chi connectivity index (χ0) is 24.7. The number of carbonyl (C=O) groups excluding carboxylic acids is 1. The van der Waals surface area contributed by atoms with Crippen molar-refractivity contribution in [3.8, 4) is 17.2 Å². The number of rotatable bonds is 9. The Hall–Kier alpha value is -4.80. The fraction of sp³-hybridized carbons (Fsp3) is 0.130. The van der Waals surface area contributed by atoms with Gasteiger partial charge in [0.05, 0.1) is 22.1 Å². The van der Waals surface area contributed by atoms with E-state index >= 15 is 0 Å². The predicted molar refractivity (Wildman–Crippen MR) is 123 cm³/mol. The van der Waals surface area contributed by atoms with Crippen LogP contribution in [0.3, 0.4) is 0 Å². The number of aryl methyl sites for hydroxylation is 2. The van der Waals surface area contributed by atoms with Crippen LogP contribution in [0.15, 0.2) is 65.8 Å². The standard InChI is InChI=1S/C23H20N4O7/c1-15-6-8-21(16(2)10-15)33-14-23(28)25-24-13-17-4-3-5-19(11-17)34-22-9-7-18(26(29)30)12-20(22)27(31)32/h3-13H,14H2,1-2H3,(H,25,28)/b24-13+. The molecule has 0 spiro atoms. The van der Waals surface area contributed by atoms with Crippen LogP contribution >= 0.6 is 0 Å². The van der Waals surface area contributed by atoms with Crippen molar-refractivity contribution in [1.82, 2.24) is 5.43 Å². The molecule has 0 aromatic heterocycles. The smallest absolute Gasteiger partial charge is 0.318 e. The molecule has 0 radical (unpaired) electrons. The summed E-state index contributed by atoms with van der Waals surface area (Å²) in [5.74, 6) is 0.243. The van der Waals surface area contributed by atoms with Gasteiger partial charge in [0.25, 0.3) is 11.6 Å². The van der Waals surface area contributed by atoms with Crippen molar-refractivity contribution in [3.05, 3.63) is 97.6 Å². The van der Waals surface area contributed by atoms with Gasteiger partial charge in [0.1, 0.15) is 11.5 Å². The van der Waals surface area contributed by atoms with Gasteiger partial charge in [-0.1, -0.05) is 29.8 Å². The minimum atomic E-state index is -0.761. The molecule has 11 heteroatoms. The molecule has 1 N–H and O–H groups in total. The second-order valence-corrected chi connectivity index (χ2v) is 7.19. The van der Waals surface area contributed by atoms with E-state index < -0.39 is 27.1 Å². The van der Waals surface area contributed by atoms with E-state index in [1.165, 1.54) is 12.3 Å². The number of nitrogens with zero attached hydrogens (tertiary/aromatic N) is 3. The first-order valence-electron chi connectivity index (χ1n) is 9.95. The number of nitrogens with one attached hydrogen (secondary N) is 1. The van der Waals surface area contributed by atoms with E-state index in [4.69, 9.17) is 9.47 Å². The molecule has 0 atom stereocenters. The van der Waals surface area contributed by atoms with E-state index in [0.29, 0.717) is 11.3 Å². The van der Waals surface area contributed by atoms with Crippen molar-refractivity contribution in [2.24, 2.45) is 5.10 Å². The lowest BCUT2D eigenvalue weighted by Crippen LogP contribution is -2.24. The molecule has 0 bridgehead atoms. The third-order valence-corrected chi connectivity index (χ3v) is 4.53. The zero-order valence-corrected chi connectivity index (χ0v) is 18.3. The largest absolute Gasteiger partial charge is 0.483 e. The molecule has 3 aromatic carbocycles. The maximum absolute atomic E-state index is 12.0. The Labute approximate surface area is 193 Å². The molecule has 0 unspecified atom stereocenters. The first kappa shape index (κ1) is 23.9. The Bertz CT molecular complexity index is 1270. The number of non-ortho nitro benzene ring substituents is 1. The van der Waals surface area contributed by atoms with Gasteiger partial charge < -0.3 is 9.47 Å². The highest BCUT2D eigenvalue weighted by Crippen LogP contribution is 2.34. The third-order valence-electron chi connectivity index (χ3n) is 4.53. The number of benzene rings is 3. The van der Waals surface area contributed by atoms with Gasteiger partial charge in [-0.3, -0.25) is 25.0 Å². The van der Waals surface area contributed by atoms with E-state index in [1.807, 2.05) is 26.0 Å². The van der Waals surface area contributed by atoms with Crippen LogP contribution in [0, 0.1) is 34.1 Å². The highest BCUT2D eigenvalue weighted by atomic mass is 16.6. The molecule has 3 rings (SSSR count). The van der Waals surface area contributed by atoms with Crippen molar-refractivity contribution in [1.29, 1.82) is 0 Å². The summed E-state index contributed by atoms with van der Waals surface area (Å²) in [5, 5.41) is 26.0. The number of nitro groups is 2. The first-order chi connectivity index (χ1) is 16.2. The van der Waals surface area contributed by atoms with Gasteiger partial charge in [0.15, 0.2) is 6.61 Å². The summed E-state index contributed by atoms with van der Waals surface area (Å²) in [6.45, 7) is 3.64. The van der Waals surface area contributed by atoms with Crippen molar-refractivity contribution in [2.75, 3.05) is 6.61 Å². The van der Waals surface area contributed by atoms with Crippen LogP contribution in [0.1, 0.15) is 16.7 Å². The number of carbonyl (C=O) groups is 1. The van der Waals surface area contributed by atoms with Crippen LogP contribution in [0.2, 0.25) is 0 Å². The Balaban J connectivity index is 1.61. The van der Waals surface area contributed by atoms with Gasteiger partial charge in [-0.25, -0.2) is 5.43 Å². The Morgan fingerprint density at radius 2 is 1.76 bits per heavy atom. The summed E-state index contributed by atoms with van der Waals surface area (Å²) >= 11 is 0. The van der Waals surface area contributed by atoms with Crippen LogP contribution in [0.25, 0.3) is 0 Å². The Morgan fingerprint density at radius 1 is 1.00 bits per heavy atom. The van der Waals surface area contributed by atoms with E-state index in [-0.39, 0.29) is 18.1 Å². The SMILES string of the molecule is Cc1ccc(OCC(=O)N/N=C/c2cccc(Oc3ccc([N+](=O)[O-])cc3[N+](=O)[O-])c2)c(C)c1. The molecule has 0 fully saturated rings. The van der Waals surface area contributed by atoms with Crippen LogP contribution in [-0.2, 0) is 4.79 Å². The molecule has 0 aliphatic rings. The number of hydrazone groups is 1. The number of ether oxygens (including phenoxy) is 2. The summed E-state index contributed by atoms with van der Waals surface area (Å²) in [4.78, 5) is 32.6. The van der Waals surface area contributed by atoms with Crippen molar-refractivity contribution in [3.63, 3.8) is 0 Å². The summed E-state index contributed by atoms with van der Waals surface area (Å²) in [6, 6.07) is 15.1. The third kappa shape index (κ3) is 6.36. The topological polar surface area (TPSA) is 146 Å². The van der Waals surface area contributed by atoms with Crippen LogP contribution in [0.5, 0.6) is 17.2 Å². The molecule has 0 saturated carbocycles. The van der Waals surface area contributed by atoms with Crippen molar-refractivity contribution >= 4 is 23.5 Å². The second kappa shape index (κ2) is 10.7. The van der Waals surface area contributed by atoms with Crippen LogP contribution < -0.4 is 14.9 Å². The lowest BCUT2D eigenvalue weighted by Gasteiger charge is -2.08. The summed E-state index contributed by atoms with van der Waals surface area (Å²) in [7, 11) is 0. The Morgan fingerprint density at radius 3 is 2.47 bits per heavy atom. The van der Waals surface area contributed by atoms with Gasteiger partial charge in [-0.15, -0.1) is 0 Å². The van der Waals surface area contributed by atoms with E-state index in [1.54, 1.807) is 24.3 Å². The van der Waals surface area contributed by atoms with Crippen LogP contribution in [0.4, 0.5) is 11.4 Å². The van der Waals surface area contributed by atoms with Gasteiger partial charge in [-0.05, 0) is 49.2 Å². The Kier molecular flexibility index (Phi) is 7.49. The molecular weight excluding hydrogens is 444 g/mol. The number of nitro benzene ring substituents is 2. The molecule has 34 heavy (non-hydrogen) atoms. The average Bonchev–Trinajstić information content (AvgIpc) is 2.78. The molecule has 11 nitrogen and oxygen atoms in total. The average molecular weight is 464 g/mol. The molecule has 0 aliphatic heterocycles. The fourth-order valence-electron chi connectivity index (χ4n) is 2.95. The molecule has 0 heterocycles. The number of amides is 1. The van der Waals surface area contributed by atoms with Gasteiger partial charge in [0.2, 0.25) is 5.75 Å². The number of hydrogen-bond donors (Lipinski definition) is 1. The van der Waals surface area contributed by atoms with E-state index in [2.05, 4.69) is 10.5 Å². The monoisotopic (exact) mass is 464 g/mol. The maximum atomic E-state index is 12.0. The quantitative estimate of drug-likeness (QED) is 0.280. The summed E-state index contributed by atoms with van der Waals surface area (Å²) in [6.07, 6.45) is 1.37. The van der Waals surface area contributed by atoms with Crippen molar-refractivity contribution < 1.29 is 24.1 Å². The normalized spacial score (nSPS) is 10.6. The predicted octanol–water partition coefficient (Wildman–Crippen LogP) is 4.44. The molecule has 3 aromatic rings. The maximum Gasteiger partial charge on any atom is 0.318 e. The van der Waals surface area contributed by atoms with Crippen molar-refractivity contribution in [2.45, 2.75) is 13.8 Å². The first-order valence-corrected chi connectivity index (χ1v) is 9.95. The number of hydrogen-bond acceptors (Lipinski definition) is 8. The minimum Gasteiger partial charge on any atom is -0.483 e. The molecule has 0 saturated heterocycles. The fourth-order valence-corrected chi connectivity index (χ4v) is 2.95. The van der Waals surface area contributed by atoms with Gasteiger partial charge >= 0.3 is 5.69 Å². The molecule has 174 valence electrons. The molecule has 0 aliphatic carbocycles. The lowest BCUT2D eigenvalue weighted by atomic mass is 10.1. The van der Waals surface area contributed by atoms with Crippen LogP contribution in [-0.4, -0.2) is 28.6 Å². The zero-order valence-electron chi connectivity index (χ0n) is 18.3. The molecule has 1 amide bonds. The van der Waals surface area contributed by atoms with Gasteiger partial charge in [-0.2, -0.15) is 5.10 Å². The van der Waals surface area contributed by atoms with Gasteiger partial charge in [0, 0.05) is 6.07 Å². The molecular formula is C23H20N4O7. The highest BCUT2D eigenvalue weighted by Gasteiger charge is 2.21. The highest BCUT2D eigenvalue weighted by molar-refractivity contribution is 5.83. The van der Waals surface area contributed by atoms with E-state index in [9.17, 15) is 25.0 Å². The summed E-state index contributed by atoms with van der Waals surface area (Å²) in [5.41, 5.74) is 3.95. The van der Waals surface area contributed by atoms with E-state index in [0.717, 1.165) is 29.3 Å².